The van der Waals surface area contributed by atoms with Crippen LogP contribution in [0.25, 0.3) is 0 Å². The number of hydrogen-bond donors (Lipinski definition) is 1. The molecule has 0 saturated carbocycles. The lowest BCUT2D eigenvalue weighted by molar-refractivity contribution is 0.118. The third kappa shape index (κ3) is 14.6. The fraction of sp³-hybridized carbons (Fsp3) is 1.00. The highest BCUT2D eigenvalue weighted by Crippen LogP contribution is 2.16. The van der Waals surface area contributed by atoms with Crippen LogP contribution in [0, 0.1) is 0 Å². The summed E-state index contributed by atoms with van der Waals surface area (Å²) < 4.78 is 0. The summed E-state index contributed by atoms with van der Waals surface area (Å²) in [6, 6.07) is 0. The molecule has 2 heteroatoms. The van der Waals surface area contributed by atoms with Gasteiger partial charge in [-0.05, 0) is 32.4 Å². The molecule has 0 aromatic carbocycles. The van der Waals surface area contributed by atoms with Crippen LogP contribution >= 0.6 is 0 Å². The standard InChI is InChI=1S/C25H52N2/c1-3-5-7-9-11-12-13-15-17-19-23-27-24-20-22-26-25(27)21-18-16-14-10-8-6-4-2/h25-26H,3-24H2,1-2H3. The Hall–Kier alpha value is -0.0800. The van der Waals surface area contributed by atoms with Crippen molar-refractivity contribution in [3.8, 4) is 0 Å². The van der Waals surface area contributed by atoms with Gasteiger partial charge in [-0.1, -0.05) is 117 Å². The second-order valence-electron chi connectivity index (χ2n) is 8.95. The normalized spacial score (nSPS) is 18.2. The molecule has 0 spiro atoms. The average molecular weight is 381 g/mol. The van der Waals surface area contributed by atoms with Gasteiger partial charge < -0.3 is 5.32 Å². The van der Waals surface area contributed by atoms with E-state index in [2.05, 4.69) is 24.1 Å². The van der Waals surface area contributed by atoms with Crippen molar-refractivity contribution in [2.24, 2.45) is 0 Å². The lowest BCUT2D eigenvalue weighted by atomic mass is 10.0. The van der Waals surface area contributed by atoms with Crippen molar-refractivity contribution in [3.63, 3.8) is 0 Å². The Labute approximate surface area is 172 Å². The molecule has 0 aromatic heterocycles. The summed E-state index contributed by atoms with van der Waals surface area (Å²) in [5, 5.41) is 3.79. The van der Waals surface area contributed by atoms with Crippen LogP contribution in [-0.2, 0) is 0 Å². The van der Waals surface area contributed by atoms with Gasteiger partial charge in [0.1, 0.15) is 0 Å². The van der Waals surface area contributed by atoms with Crippen molar-refractivity contribution in [3.05, 3.63) is 0 Å². The van der Waals surface area contributed by atoms with Gasteiger partial charge in [0.25, 0.3) is 0 Å². The molecular weight excluding hydrogens is 328 g/mol. The molecule has 0 amide bonds. The second-order valence-corrected chi connectivity index (χ2v) is 8.95. The molecule has 1 unspecified atom stereocenters. The minimum absolute atomic E-state index is 0.674. The monoisotopic (exact) mass is 380 g/mol. The van der Waals surface area contributed by atoms with Crippen LogP contribution in [0.15, 0.2) is 0 Å². The molecule has 1 heterocycles. The highest BCUT2D eigenvalue weighted by Gasteiger charge is 2.20. The molecule has 1 fully saturated rings. The summed E-state index contributed by atoms with van der Waals surface area (Å²) in [6.07, 6.45) is 27.8. The molecule has 1 aliphatic heterocycles. The first-order chi connectivity index (χ1) is 13.4. The number of nitrogens with one attached hydrogen (secondary N) is 1. The first-order valence-electron chi connectivity index (χ1n) is 12.9. The van der Waals surface area contributed by atoms with Gasteiger partial charge in [-0.15, -0.1) is 0 Å². The van der Waals surface area contributed by atoms with E-state index in [1.807, 2.05) is 0 Å². The second kappa shape index (κ2) is 19.2. The lowest BCUT2D eigenvalue weighted by Crippen LogP contribution is -2.51. The van der Waals surface area contributed by atoms with Crippen LogP contribution in [0.2, 0.25) is 0 Å². The molecule has 1 aliphatic rings. The third-order valence-corrected chi connectivity index (χ3v) is 6.32. The molecule has 0 radical (unpaired) electrons. The van der Waals surface area contributed by atoms with Crippen LogP contribution in [0.1, 0.15) is 136 Å². The van der Waals surface area contributed by atoms with Crippen molar-refractivity contribution >= 4 is 0 Å². The van der Waals surface area contributed by atoms with E-state index in [0.717, 1.165) is 0 Å². The van der Waals surface area contributed by atoms with Gasteiger partial charge in [-0.3, -0.25) is 4.90 Å². The van der Waals surface area contributed by atoms with E-state index in [9.17, 15) is 0 Å². The molecule has 0 aromatic rings. The molecule has 1 atom stereocenters. The van der Waals surface area contributed by atoms with Crippen LogP contribution in [-0.4, -0.2) is 30.7 Å². The van der Waals surface area contributed by atoms with Gasteiger partial charge in [0, 0.05) is 6.54 Å². The van der Waals surface area contributed by atoms with E-state index in [1.54, 1.807) is 0 Å². The molecule has 1 rings (SSSR count). The van der Waals surface area contributed by atoms with E-state index in [1.165, 1.54) is 142 Å². The van der Waals surface area contributed by atoms with Crippen molar-refractivity contribution in [1.29, 1.82) is 0 Å². The zero-order valence-corrected chi connectivity index (χ0v) is 19.1. The predicted octanol–water partition coefficient (Wildman–Crippen LogP) is 7.67. The molecule has 0 bridgehead atoms. The summed E-state index contributed by atoms with van der Waals surface area (Å²) in [6.45, 7) is 8.49. The quantitative estimate of drug-likeness (QED) is 0.231. The molecule has 1 saturated heterocycles. The highest BCUT2D eigenvalue weighted by molar-refractivity contribution is 4.75. The highest BCUT2D eigenvalue weighted by atomic mass is 15.3. The maximum atomic E-state index is 3.79. The van der Waals surface area contributed by atoms with Crippen LogP contribution in [0.4, 0.5) is 0 Å². The first kappa shape index (κ1) is 25.0. The maximum Gasteiger partial charge on any atom is 0.0597 e. The Balaban J connectivity index is 1.97. The van der Waals surface area contributed by atoms with Gasteiger partial charge >= 0.3 is 0 Å². The van der Waals surface area contributed by atoms with Crippen LogP contribution in [0.5, 0.6) is 0 Å². The van der Waals surface area contributed by atoms with E-state index in [0.29, 0.717) is 6.17 Å². The van der Waals surface area contributed by atoms with E-state index < -0.39 is 0 Å². The Morgan fingerprint density at radius 1 is 0.630 bits per heavy atom. The average Bonchev–Trinajstić information content (AvgIpc) is 2.69. The van der Waals surface area contributed by atoms with E-state index in [4.69, 9.17) is 0 Å². The number of hydrogen-bond acceptors (Lipinski definition) is 2. The summed E-state index contributed by atoms with van der Waals surface area (Å²) >= 11 is 0. The number of unbranched alkanes of at least 4 members (excludes halogenated alkanes) is 15. The minimum Gasteiger partial charge on any atom is -0.302 e. The summed E-state index contributed by atoms with van der Waals surface area (Å²) in [5.74, 6) is 0. The third-order valence-electron chi connectivity index (χ3n) is 6.32. The Morgan fingerprint density at radius 2 is 1.11 bits per heavy atom. The van der Waals surface area contributed by atoms with Crippen molar-refractivity contribution in [2.75, 3.05) is 19.6 Å². The molecular formula is C25H52N2. The molecule has 2 nitrogen and oxygen atoms in total. The topological polar surface area (TPSA) is 15.3 Å². The van der Waals surface area contributed by atoms with E-state index >= 15 is 0 Å². The smallest absolute Gasteiger partial charge is 0.0597 e. The van der Waals surface area contributed by atoms with Crippen molar-refractivity contribution < 1.29 is 0 Å². The molecule has 162 valence electrons. The van der Waals surface area contributed by atoms with Crippen molar-refractivity contribution in [2.45, 2.75) is 142 Å². The molecule has 0 aliphatic carbocycles. The van der Waals surface area contributed by atoms with Gasteiger partial charge in [0.15, 0.2) is 0 Å². The van der Waals surface area contributed by atoms with Gasteiger partial charge in [0.2, 0.25) is 0 Å². The fourth-order valence-electron chi connectivity index (χ4n) is 4.49. The zero-order chi connectivity index (χ0) is 19.4. The first-order valence-corrected chi connectivity index (χ1v) is 12.9. The zero-order valence-electron chi connectivity index (χ0n) is 19.1. The largest absolute Gasteiger partial charge is 0.302 e. The minimum atomic E-state index is 0.674. The Kier molecular flexibility index (Phi) is 17.8. The van der Waals surface area contributed by atoms with Gasteiger partial charge in [0.05, 0.1) is 6.17 Å². The van der Waals surface area contributed by atoms with E-state index in [-0.39, 0.29) is 0 Å². The number of rotatable bonds is 19. The number of nitrogens with zero attached hydrogens (tertiary/aromatic N) is 1. The van der Waals surface area contributed by atoms with Gasteiger partial charge in [-0.25, -0.2) is 0 Å². The van der Waals surface area contributed by atoms with Crippen LogP contribution < -0.4 is 5.32 Å². The fourth-order valence-corrected chi connectivity index (χ4v) is 4.49. The Morgan fingerprint density at radius 3 is 1.67 bits per heavy atom. The molecule has 1 N–H and O–H groups in total. The SMILES string of the molecule is CCCCCCCCCCCCN1CCCNC1CCCCCCCCC. The van der Waals surface area contributed by atoms with Gasteiger partial charge in [-0.2, -0.15) is 0 Å². The maximum absolute atomic E-state index is 3.79. The summed E-state index contributed by atoms with van der Waals surface area (Å²) in [7, 11) is 0. The lowest BCUT2D eigenvalue weighted by Gasteiger charge is -2.36. The summed E-state index contributed by atoms with van der Waals surface area (Å²) in [5.41, 5.74) is 0. The van der Waals surface area contributed by atoms with Crippen molar-refractivity contribution in [1.82, 2.24) is 10.2 Å². The molecule has 27 heavy (non-hydrogen) atoms. The Bertz CT molecular complexity index is 292. The van der Waals surface area contributed by atoms with Crippen LogP contribution in [0.3, 0.4) is 0 Å². The predicted molar refractivity (Wildman–Crippen MR) is 122 cm³/mol. The summed E-state index contributed by atoms with van der Waals surface area (Å²) in [4.78, 5) is 2.76.